The van der Waals surface area contributed by atoms with Gasteiger partial charge < -0.3 is 15.0 Å². The molecule has 2 N–H and O–H groups in total. The molecular weight excluding hydrogens is 262 g/mol. The van der Waals surface area contributed by atoms with Crippen molar-refractivity contribution in [2.45, 2.75) is 52.1 Å². The van der Waals surface area contributed by atoms with E-state index in [1.54, 1.807) is 0 Å². The predicted molar refractivity (Wildman–Crippen MR) is 87.3 cm³/mol. The molecule has 0 bridgehead atoms. The van der Waals surface area contributed by atoms with Crippen LogP contribution in [0, 0.1) is 0 Å². The summed E-state index contributed by atoms with van der Waals surface area (Å²) in [7, 11) is 0. The summed E-state index contributed by atoms with van der Waals surface area (Å²) < 4.78 is 2.28. The Bertz CT molecular complexity index is 536. The second-order valence-corrected chi connectivity index (χ2v) is 5.54. The minimum absolute atomic E-state index is 0.307. The number of aliphatic hydroxyl groups is 1. The van der Waals surface area contributed by atoms with Crippen LogP contribution in [-0.2, 0) is 13.1 Å². The number of aliphatic hydroxyl groups excluding tert-OH is 1. The first-order chi connectivity index (χ1) is 10.4. The standard InChI is InChI=1S/C17H27N3O/c1-2-9-18-13-15-14-20(11-5-3-4-6-12-21)17-16(15)8-7-10-19-17/h7-8,10,14,18,21H,2-6,9,11-13H2,1H3. The molecule has 21 heavy (non-hydrogen) atoms. The number of nitrogens with one attached hydrogen (secondary N) is 1. The monoisotopic (exact) mass is 289 g/mol. The van der Waals surface area contributed by atoms with Gasteiger partial charge in [0, 0.05) is 37.5 Å². The summed E-state index contributed by atoms with van der Waals surface area (Å²) in [5.74, 6) is 0. The highest BCUT2D eigenvalue weighted by Crippen LogP contribution is 2.20. The maximum absolute atomic E-state index is 8.81. The lowest BCUT2D eigenvalue weighted by Gasteiger charge is -2.04. The number of aromatic nitrogens is 2. The molecule has 0 aliphatic heterocycles. The van der Waals surface area contributed by atoms with E-state index in [4.69, 9.17) is 5.11 Å². The van der Waals surface area contributed by atoms with Crippen molar-refractivity contribution in [3.8, 4) is 0 Å². The van der Waals surface area contributed by atoms with E-state index in [1.807, 2.05) is 12.3 Å². The smallest absolute Gasteiger partial charge is 0.140 e. The molecule has 0 atom stereocenters. The van der Waals surface area contributed by atoms with Crippen LogP contribution in [0.2, 0.25) is 0 Å². The lowest BCUT2D eigenvalue weighted by Crippen LogP contribution is -2.13. The Morgan fingerprint density at radius 2 is 2.10 bits per heavy atom. The first-order valence-corrected chi connectivity index (χ1v) is 8.11. The van der Waals surface area contributed by atoms with Gasteiger partial charge in [-0.05, 0) is 43.5 Å². The van der Waals surface area contributed by atoms with E-state index < -0.39 is 0 Å². The Hall–Kier alpha value is -1.39. The Balaban J connectivity index is 2.01. The minimum Gasteiger partial charge on any atom is -0.396 e. The summed E-state index contributed by atoms with van der Waals surface area (Å²) >= 11 is 0. The van der Waals surface area contributed by atoms with E-state index >= 15 is 0 Å². The van der Waals surface area contributed by atoms with Crippen LogP contribution in [-0.4, -0.2) is 27.8 Å². The van der Waals surface area contributed by atoms with Crippen LogP contribution in [0.4, 0.5) is 0 Å². The van der Waals surface area contributed by atoms with Gasteiger partial charge in [-0.1, -0.05) is 19.8 Å². The Labute approximate surface area is 127 Å². The van der Waals surface area contributed by atoms with Crippen molar-refractivity contribution in [1.82, 2.24) is 14.9 Å². The van der Waals surface area contributed by atoms with Gasteiger partial charge in [0.25, 0.3) is 0 Å². The third kappa shape index (κ3) is 4.55. The number of unbranched alkanes of at least 4 members (excludes halogenated alkanes) is 3. The second kappa shape index (κ2) is 8.80. The van der Waals surface area contributed by atoms with Crippen molar-refractivity contribution in [1.29, 1.82) is 0 Å². The summed E-state index contributed by atoms with van der Waals surface area (Å²) in [4.78, 5) is 4.54. The average molecular weight is 289 g/mol. The molecule has 0 radical (unpaired) electrons. The van der Waals surface area contributed by atoms with Crippen molar-refractivity contribution in [2.75, 3.05) is 13.2 Å². The van der Waals surface area contributed by atoms with Gasteiger partial charge in [0.2, 0.25) is 0 Å². The molecule has 2 aromatic heterocycles. The molecule has 0 aliphatic carbocycles. The Morgan fingerprint density at radius 1 is 1.24 bits per heavy atom. The van der Waals surface area contributed by atoms with E-state index in [-0.39, 0.29) is 0 Å². The summed E-state index contributed by atoms with van der Waals surface area (Å²) in [6, 6.07) is 4.17. The number of aryl methyl sites for hydroxylation is 1. The number of nitrogens with zero attached hydrogens (tertiary/aromatic N) is 2. The van der Waals surface area contributed by atoms with E-state index in [9.17, 15) is 0 Å². The van der Waals surface area contributed by atoms with Gasteiger partial charge in [0.1, 0.15) is 5.65 Å². The third-order valence-electron chi connectivity index (χ3n) is 3.77. The summed E-state index contributed by atoms with van der Waals surface area (Å²) in [5.41, 5.74) is 2.43. The first kappa shape index (κ1) is 16.0. The highest BCUT2D eigenvalue weighted by Gasteiger charge is 2.08. The molecule has 0 amide bonds. The minimum atomic E-state index is 0.307. The largest absolute Gasteiger partial charge is 0.396 e. The average Bonchev–Trinajstić information content (AvgIpc) is 2.86. The van der Waals surface area contributed by atoms with E-state index in [0.717, 1.165) is 57.4 Å². The van der Waals surface area contributed by atoms with Gasteiger partial charge in [-0.2, -0.15) is 0 Å². The van der Waals surface area contributed by atoms with Gasteiger partial charge in [0.15, 0.2) is 0 Å². The number of hydrogen-bond acceptors (Lipinski definition) is 3. The maximum atomic E-state index is 8.81. The quantitative estimate of drug-likeness (QED) is 0.661. The molecule has 2 rings (SSSR count). The molecule has 116 valence electrons. The zero-order chi connectivity index (χ0) is 14.9. The van der Waals surface area contributed by atoms with E-state index in [2.05, 4.69) is 34.1 Å². The fourth-order valence-corrected chi connectivity index (χ4v) is 2.65. The molecule has 0 aromatic carbocycles. The van der Waals surface area contributed by atoms with Crippen LogP contribution >= 0.6 is 0 Å². The maximum Gasteiger partial charge on any atom is 0.140 e. The van der Waals surface area contributed by atoms with E-state index in [1.165, 1.54) is 10.9 Å². The van der Waals surface area contributed by atoms with Crippen LogP contribution in [0.25, 0.3) is 11.0 Å². The first-order valence-electron chi connectivity index (χ1n) is 8.11. The van der Waals surface area contributed by atoms with Crippen LogP contribution in [0.1, 0.15) is 44.6 Å². The highest BCUT2D eigenvalue weighted by molar-refractivity contribution is 5.80. The predicted octanol–water partition coefficient (Wildman–Crippen LogP) is 3.09. The van der Waals surface area contributed by atoms with E-state index in [0.29, 0.717) is 6.61 Å². The number of pyridine rings is 1. The molecule has 0 fully saturated rings. The van der Waals surface area contributed by atoms with Gasteiger partial charge in [-0.3, -0.25) is 0 Å². The molecule has 4 nitrogen and oxygen atoms in total. The van der Waals surface area contributed by atoms with Crippen molar-refractivity contribution in [3.05, 3.63) is 30.1 Å². The fraction of sp³-hybridized carbons (Fsp3) is 0.588. The lowest BCUT2D eigenvalue weighted by atomic mass is 10.2. The van der Waals surface area contributed by atoms with Crippen molar-refractivity contribution in [2.24, 2.45) is 0 Å². The Morgan fingerprint density at radius 3 is 2.90 bits per heavy atom. The molecule has 0 unspecified atom stereocenters. The molecular formula is C17H27N3O. The summed E-state index contributed by atoms with van der Waals surface area (Å²) in [5, 5.41) is 13.5. The number of rotatable bonds is 10. The second-order valence-electron chi connectivity index (χ2n) is 5.54. The van der Waals surface area contributed by atoms with Crippen LogP contribution < -0.4 is 5.32 Å². The van der Waals surface area contributed by atoms with Crippen molar-refractivity contribution >= 4 is 11.0 Å². The van der Waals surface area contributed by atoms with Crippen molar-refractivity contribution < 1.29 is 5.11 Å². The highest BCUT2D eigenvalue weighted by atomic mass is 16.2. The third-order valence-corrected chi connectivity index (χ3v) is 3.77. The number of fused-ring (bicyclic) bond motifs is 1. The van der Waals surface area contributed by atoms with Gasteiger partial charge in [0.05, 0.1) is 0 Å². The molecule has 2 aromatic rings. The van der Waals surface area contributed by atoms with Gasteiger partial charge in [-0.25, -0.2) is 4.98 Å². The Kier molecular flexibility index (Phi) is 6.70. The summed E-state index contributed by atoms with van der Waals surface area (Å²) in [6.07, 6.45) is 9.59. The zero-order valence-electron chi connectivity index (χ0n) is 13.0. The molecule has 2 heterocycles. The van der Waals surface area contributed by atoms with Crippen molar-refractivity contribution in [3.63, 3.8) is 0 Å². The van der Waals surface area contributed by atoms with Crippen LogP contribution in [0.5, 0.6) is 0 Å². The molecule has 0 saturated carbocycles. The normalized spacial score (nSPS) is 11.3. The topological polar surface area (TPSA) is 50.1 Å². The molecule has 4 heteroatoms. The fourth-order valence-electron chi connectivity index (χ4n) is 2.65. The molecule has 0 saturated heterocycles. The SMILES string of the molecule is CCCNCc1cn(CCCCCCO)c2ncccc12. The van der Waals surface area contributed by atoms with Gasteiger partial charge in [-0.15, -0.1) is 0 Å². The van der Waals surface area contributed by atoms with Crippen LogP contribution in [0.3, 0.4) is 0 Å². The number of hydrogen-bond donors (Lipinski definition) is 2. The van der Waals surface area contributed by atoms with Crippen LogP contribution in [0.15, 0.2) is 24.5 Å². The summed E-state index contributed by atoms with van der Waals surface area (Å²) in [6.45, 7) is 5.46. The van der Waals surface area contributed by atoms with Gasteiger partial charge >= 0.3 is 0 Å². The zero-order valence-corrected chi connectivity index (χ0v) is 13.0. The molecule has 0 aliphatic rings. The lowest BCUT2D eigenvalue weighted by molar-refractivity contribution is 0.282. The molecule has 0 spiro atoms.